The summed E-state index contributed by atoms with van der Waals surface area (Å²) in [6.07, 6.45) is -1.17. The van der Waals surface area contributed by atoms with Crippen LogP contribution in [0.3, 0.4) is 0 Å². The molecule has 23 heavy (non-hydrogen) atoms. The molecule has 2 aromatic rings. The lowest BCUT2D eigenvalue weighted by molar-refractivity contribution is 0.00708. The van der Waals surface area contributed by atoms with Gasteiger partial charge in [0.25, 0.3) is 0 Å². The standard InChI is InChI=1S/C17H12O6/c18-10-6-23-5-9-11(10)17(22)13-12(16(9)21)14(19)7-3-1-2-4-8(7)15(13)20/h1-4,10,18,21-22H,5-6H2/t10-/m1/s1. The normalized spacial score (nSPS) is 19.1. The lowest BCUT2D eigenvalue weighted by Crippen LogP contribution is -2.25. The minimum Gasteiger partial charge on any atom is -0.507 e. The van der Waals surface area contributed by atoms with E-state index in [2.05, 4.69) is 0 Å². The van der Waals surface area contributed by atoms with Crippen LogP contribution in [0.4, 0.5) is 0 Å². The van der Waals surface area contributed by atoms with Crippen molar-refractivity contribution in [2.75, 3.05) is 6.61 Å². The Hall–Kier alpha value is -2.70. The maximum absolute atomic E-state index is 12.7. The van der Waals surface area contributed by atoms with E-state index >= 15 is 0 Å². The number of hydrogen-bond acceptors (Lipinski definition) is 6. The van der Waals surface area contributed by atoms with Gasteiger partial charge in [0, 0.05) is 22.3 Å². The molecule has 3 N–H and O–H groups in total. The molecule has 1 aliphatic carbocycles. The van der Waals surface area contributed by atoms with Gasteiger partial charge in [-0.05, 0) is 0 Å². The van der Waals surface area contributed by atoms with Crippen molar-refractivity contribution in [3.8, 4) is 11.5 Å². The zero-order chi connectivity index (χ0) is 16.3. The molecular weight excluding hydrogens is 300 g/mol. The number of rotatable bonds is 0. The first-order chi connectivity index (χ1) is 11.0. The van der Waals surface area contributed by atoms with Crippen LogP contribution < -0.4 is 0 Å². The molecule has 0 fully saturated rings. The molecule has 2 aromatic carbocycles. The maximum atomic E-state index is 12.7. The number of carbonyl (C=O) groups excluding carboxylic acids is 2. The molecule has 0 radical (unpaired) electrons. The fraction of sp³-hybridized carbons (Fsp3) is 0.176. The Morgan fingerprint density at radius 1 is 0.957 bits per heavy atom. The second-order valence-electron chi connectivity index (χ2n) is 5.57. The number of aliphatic hydroxyl groups excluding tert-OH is 1. The zero-order valence-corrected chi connectivity index (χ0v) is 11.9. The van der Waals surface area contributed by atoms with Crippen molar-refractivity contribution in [1.29, 1.82) is 0 Å². The number of carbonyl (C=O) groups is 2. The van der Waals surface area contributed by atoms with Gasteiger partial charge in [-0.15, -0.1) is 0 Å². The third kappa shape index (κ3) is 1.70. The van der Waals surface area contributed by atoms with Gasteiger partial charge < -0.3 is 20.1 Å². The minimum absolute atomic E-state index is 0.0491. The Kier molecular flexibility index (Phi) is 2.81. The van der Waals surface area contributed by atoms with Gasteiger partial charge in [0.2, 0.25) is 0 Å². The Labute approximate surface area is 130 Å². The second kappa shape index (κ2) is 4.65. The molecule has 0 aromatic heterocycles. The average Bonchev–Trinajstić information content (AvgIpc) is 2.55. The molecule has 6 heteroatoms. The number of benzene rings is 2. The largest absolute Gasteiger partial charge is 0.507 e. The molecule has 0 amide bonds. The Morgan fingerprint density at radius 2 is 1.52 bits per heavy atom. The van der Waals surface area contributed by atoms with Crippen LogP contribution in [0.2, 0.25) is 0 Å². The fourth-order valence-corrected chi connectivity index (χ4v) is 3.24. The summed E-state index contributed by atoms with van der Waals surface area (Å²) in [5, 5.41) is 31.0. The number of phenols is 2. The van der Waals surface area contributed by atoms with E-state index in [0.717, 1.165) is 0 Å². The van der Waals surface area contributed by atoms with Crippen molar-refractivity contribution in [3.05, 3.63) is 57.6 Å². The highest BCUT2D eigenvalue weighted by molar-refractivity contribution is 6.30. The molecule has 6 nitrogen and oxygen atoms in total. The van der Waals surface area contributed by atoms with E-state index in [1.165, 1.54) is 12.1 Å². The lowest BCUT2D eigenvalue weighted by atomic mass is 9.79. The number of aromatic hydroxyl groups is 2. The predicted octanol–water partition coefficient (Wildman–Crippen LogP) is 1.44. The number of phenolic OH excluding ortho intramolecular Hbond substituents is 2. The molecule has 0 unspecified atom stereocenters. The minimum atomic E-state index is -1.17. The van der Waals surface area contributed by atoms with Crippen molar-refractivity contribution in [2.24, 2.45) is 0 Å². The predicted molar refractivity (Wildman–Crippen MR) is 77.7 cm³/mol. The maximum Gasteiger partial charge on any atom is 0.198 e. The van der Waals surface area contributed by atoms with Crippen LogP contribution in [0, 0.1) is 0 Å². The summed E-state index contributed by atoms with van der Waals surface area (Å²) < 4.78 is 5.15. The van der Waals surface area contributed by atoms with Gasteiger partial charge in [0.15, 0.2) is 11.6 Å². The van der Waals surface area contributed by atoms with Crippen molar-refractivity contribution in [1.82, 2.24) is 0 Å². The Balaban J connectivity index is 2.10. The van der Waals surface area contributed by atoms with Crippen LogP contribution in [-0.4, -0.2) is 33.5 Å². The van der Waals surface area contributed by atoms with E-state index in [9.17, 15) is 24.9 Å². The molecular formula is C17H12O6. The molecule has 0 bridgehead atoms. The monoisotopic (exact) mass is 312 g/mol. The molecule has 2 aliphatic rings. The topological polar surface area (TPSA) is 104 Å². The summed E-state index contributed by atoms with van der Waals surface area (Å²) in [5.41, 5.74) is 0.0419. The van der Waals surface area contributed by atoms with E-state index in [4.69, 9.17) is 4.74 Å². The van der Waals surface area contributed by atoms with Gasteiger partial charge in [-0.25, -0.2) is 0 Å². The number of fused-ring (bicyclic) bond motifs is 3. The second-order valence-corrected chi connectivity index (χ2v) is 5.57. The highest BCUT2D eigenvalue weighted by Gasteiger charge is 2.39. The highest BCUT2D eigenvalue weighted by atomic mass is 16.5. The van der Waals surface area contributed by atoms with E-state index in [1.807, 2.05) is 0 Å². The van der Waals surface area contributed by atoms with Crippen molar-refractivity contribution in [2.45, 2.75) is 12.7 Å². The zero-order valence-electron chi connectivity index (χ0n) is 11.9. The molecule has 0 spiro atoms. The molecule has 1 aliphatic heterocycles. The van der Waals surface area contributed by atoms with Crippen LogP contribution in [-0.2, 0) is 11.3 Å². The molecule has 0 saturated carbocycles. The smallest absolute Gasteiger partial charge is 0.198 e. The van der Waals surface area contributed by atoms with E-state index < -0.39 is 29.2 Å². The number of ketones is 2. The molecule has 0 saturated heterocycles. The highest BCUT2D eigenvalue weighted by Crippen LogP contribution is 2.46. The van der Waals surface area contributed by atoms with Crippen LogP contribution in [0.1, 0.15) is 49.1 Å². The summed E-state index contributed by atoms with van der Waals surface area (Å²) in [7, 11) is 0. The molecule has 1 heterocycles. The van der Waals surface area contributed by atoms with Gasteiger partial charge in [-0.1, -0.05) is 24.3 Å². The number of ether oxygens (including phenoxy) is 1. The Bertz CT molecular complexity index is 883. The van der Waals surface area contributed by atoms with Gasteiger partial charge in [-0.3, -0.25) is 9.59 Å². The van der Waals surface area contributed by atoms with Gasteiger partial charge >= 0.3 is 0 Å². The first kappa shape index (κ1) is 13.9. The summed E-state index contributed by atoms with van der Waals surface area (Å²) >= 11 is 0. The third-order valence-corrected chi connectivity index (χ3v) is 4.32. The molecule has 116 valence electrons. The average molecular weight is 312 g/mol. The van der Waals surface area contributed by atoms with Gasteiger partial charge in [-0.2, -0.15) is 0 Å². The Morgan fingerprint density at radius 3 is 2.13 bits per heavy atom. The van der Waals surface area contributed by atoms with E-state index in [-0.39, 0.29) is 46.6 Å². The number of aliphatic hydroxyl groups is 1. The van der Waals surface area contributed by atoms with Crippen LogP contribution in [0.5, 0.6) is 11.5 Å². The summed E-state index contributed by atoms with van der Waals surface area (Å²) in [6.45, 7) is -0.111. The lowest BCUT2D eigenvalue weighted by Gasteiger charge is -2.28. The van der Waals surface area contributed by atoms with Crippen LogP contribution in [0.15, 0.2) is 24.3 Å². The number of hydrogen-bond donors (Lipinski definition) is 3. The van der Waals surface area contributed by atoms with E-state index in [1.54, 1.807) is 12.1 Å². The first-order valence-corrected chi connectivity index (χ1v) is 7.07. The summed E-state index contributed by atoms with van der Waals surface area (Å²) in [4.78, 5) is 25.4. The van der Waals surface area contributed by atoms with Crippen LogP contribution in [0.25, 0.3) is 0 Å². The SMILES string of the molecule is O=C1c2ccccc2C(=O)c2c(O)c3c(c(O)c21)COC[C@H]3O. The summed E-state index contributed by atoms with van der Waals surface area (Å²) in [6, 6.07) is 6.23. The quantitative estimate of drug-likeness (QED) is 0.543. The molecule has 4 rings (SSSR count). The van der Waals surface area contributed by atoms with Crippen molar-refractivity contribution < 1.29 is 29.6 Å². The fourth-order valence-electron chi connectivity index (χ4n) is 3.24. The van der Waals surface area contributed by atoms with E-state index in [0.29, 0.717) is 0 Å². The third-order valence-electron chi connectivity index (χ3n) is 4.32. The van der Waals surface area contributed by atoms with Crippen LogP contribution >= 0.6 is 0 Å². The summed E-state index contributed by atoms with van der Waals surface area (Å²) in [5.74, 6) is -1.97. The van der Waals surface area contributed by atoms with Crippen molar-refractivity contribution >= 4 is 11.6 Å². The van der Waals surface area contributed by atoms with Crippen molar-refractivity contribution in [3.63, 3.8) is 0 Å². The first-order valence-electron chi connectivity index (χ1n) is 7.07. The molecule has 1 atom stereocenters. The van der Waals surface area contributed by atoms with Gasteiger partial charge in [0.1, 0.15) is 17.6 Å². The van der Waals surface area contributed by atoms with Gasteiger partial charge in [0.05, 0.1) is 24.3 Å².